The average molecular weight is 262 g/mol. The third-order valence-corrected chi connectivity index (χ3v) is 4.10. The van der Waals surface area contributed by atoms with Crippen LogP contribution in [0, 0.1) is 5.92 Å². The van der Waals surface area contributed by atoms with Crippen molar-refractivity contribution in [1.29, 1.82) is 0 Å². The maximum atomic E-state index is 6.53. The Labute approximate surface area is 119 Å². The normalized spacial score (nSPS) is 14.9. The second-order valence-corrected chi connectivity index (χ2v) is 5.79. The van der Waals surface area contributed by atoms with Crippen molar-refractivity contribution in [3.8, 4) is 0 Å². The predicted molar refractivity (Wildman–Crippen MR) is 84.2 cm³/mol. The molecule has 0 aliphatic rings. The molecule has 2 heteroatoms. The summed E-state index contributed by atoms with van der Waals surface area (Å²) in [7, 11) is 0. The zero-order chi connectivity index (χ0) is 14.3. The first-order valence-corrected chi connectivity index (χ1v) is 7.60. The minimum atomic E-state index is -0.275. The molecule has 1 aromatic carbocycles. The Morgan fingerprint density at radius 1 is 1.11 bits per heavy atom. The summed E-state index contributed by atoms with van der Waals surface area (Å²) in [4.78, 5) is 2.49. The Bertz CT molecular complexity index is 342. The third kappa shape index (κ3) is 4.96. The maximum absolute atomic E-state index is 6.53. The van der Waals surface area contributed by atoms with E-state index in [2.05, 4.69) is 56.9 Å². The number of likely N-dealkylation sites (N-methyl/N-ethyl adjacent to an activating group) is 1. The number of hydrogen-bond donors (Lipinski definition) is 1. The molecule has 0 aliphatic carbocycles. The Morgan fingerprint density at radius 2 is 1.68 bits per heavy atom. The zero-order valence-corrected chi connectivity index (χ0v) is 13.0. The van der Waals surface area contributed by atoms with E-state index in [4.69, 9.17) is 5.73 Å². The molecule has 0 saturated carbocycles. The van der Waals surface area contributed by atoms with Gasteiger partial charge in [-0.15, -0.1) is 0 Å². The van der Waals surface area contributed by atoms with E-state index in [-0.39, 0.29) is 5.54 Å². The summed E-state index contributed by atoms with van der Waals surface area (Å²) in [6, 6.07) is 10.4. The van der Waals surface area contributed by atoms with Crippen molar-refractivity contribution in [2.45, 2.75) is 46.1 Å². The van der Waals surface area contributed by atoms with Crippen molar-refractivity contribution in [1.82, 2.24) is 4.90 Å². The molecule has 0 amide bonds. The Balaban J connectivity index is 2.69. The molecule has 0 fully saturated rings. The monoisotopic (exact) mass is 262 g/mol. The second kappa shape index (κ2) is 7.66. The van der Waals surface area contributed by atoms with E-state index in [1.165, 1.54) is 18.4 Å². The van der Waals surface area contributed by atoms with Gasteiger partial charge in [-0.05, 0) is 24.9 Å². The van der Waals surface area contributed by atoms with Crippen LogP contribution in [0.2, 0.25) is 0 Å². The highest BCUT2D eigenvalue weighted by Gasteiger charge is 2.24. The van der Waals surface area contributed by atoms with Gasteiger partial charge < -0.3 is 10.6 Å². The SMILES string of the molecule is CCC(CC)CN(CC)CC(C)(N)c1ccccc1. The lowest BCUT2D eigenvalue weighted by molar-refractivity contribution is 0.191. The molecule has 108 valence electrons. The number of benzene rings is 1. The number of hydrogen-bond acceptors (Lipinski definition) is 2. The fraction of sp³-hybridized carbons (Fsp3) is 0.647. The molecule has 0 radical (unpaired) electrons. The van der Waals surface area contributed by atoms with Gasteiger partial charge in [-0.1, -0.05) is 63.9 Å². The summed E-state index contributed by atoms with van der Waals surface area (Å²) in [5, 5.41) is 0. The summed E-state index contributed by atoms with van der Waals surface area (Å²) >= 11 is 0. The molecule has 0 aromatic heterocycles. The number of rotatable bonds is 8. The van der Waals surface area contributed by atoms with Crippen molar-refractivity contribution in [3.05, 3.63) is 35.9 Å². The molecule has 2 nitrogen and oxygen atoms in total. The highest BCUT2D eigenvalue weighted by molar-refractivity contribution is 5.23. The molecule has 0 aliphatic heterocycles. The first-order chi connectivity index (χ1) is 9.03. The number of nitrogens with zero attached hydrogens (tertiary/aromatic N) is 1. The van der Waals surface area contributed by atoms with E-state index in [0.717, 1.165) is 25.6 Å². The Morgan fingerprint density at radius 3 is 2.16 bits per heavy atom. The van der Waals surface area contributed by atoms with Crippen LogP contribution in [0.25, 0.3) is 0 Å². The molecule has 1 atom stereocenters. The lowest BCUT2D eigenvalue weighted by atomic mass is 9.92. The van der Waals surface area contributed by atoms with Crippen LogP contribution < -0.4 is 5.73 Å². The fourth-order valence-corrected chi connectivity index (χ4v) is 2.59. The van der Waals surface area contributed by atoms with E-state index in [1.54, 1.807) is 0 Å². The van der Waals surface area contributed by atoms with E-state index < -0.39 is 0 Å². The third-order valence-electron chi connectivity index (χ3n) is 4.10. The quantitative estimate of drug-likeness (QED) is 0.775. The fourth-order valence-electron chi connectivity index (χ4n) is 2.59. The van der Waals surface area contributed by atoms with Crippen molar-refractivity contribution in [2.75, 3.05) is 19.6 Å². The van der Waals surface area contributed by atoms with Gasteiger partial charge in [-0.25, -0.2) is 0 Å². The topological polar surface area (TPSA) is 29.3 Å². The molecule has 0 saturated heterocycles. The van der Waals surface area contributed by atoms with Gasteiger partial charge in [0.1, 0.15) is 0 Å². The first-order valence-electron chi connectivity index (χ1n) is 7.60. The van der Waals surface area contributed by atoms with E-state index in [9.17, 15) is 0 Å². The van der Waals surface area contributed by atoms with Crippen molar-refractivity contribution in [2.24, 2.45) is 11.7 Å². The largest absolute Gasteiger partial charge is 0.321 e. The van der Waals surface area contributed by atoms with Gasteiger partial charge in [0, 0.05) is 13.1 Å². The molecule has 0 heterocycles. The van der Waals surface area contributed by atoms with Crippen LogP contribution in [-0.4, -0.2) is 24.5 Å². The van der Waals surface area contributed by atoms with Gasteiger partial charge in [0.15, 0.2) is 0 Å². The summed E-state index contributed by atoms with van der Waals surface area (Å²) in [6.45, 7) is 12.1. The highest BCUT2D eigenvalue weighted by atomic mass is 15.1. The van der Waals surface area contributed by atoms with Crippen LogP contribution in [0.5, 0.6) is 0 Å². The molecule has 1 aromatic rings. The lowest BCUT2D eigenvalue weighted by Crippen LogP contribution is -2.46. The predicted octanol–water partition coefficient (Wildman–Crippen LogP) is 3.62. The average Bonchev–Trinajstić information content (AvgIpc) is 2.44. The molecule has 1 rings (SSSR count). The zero-order valence-electron chi connectivity index (χ0n) is 13.0. The minimum Gasteiger partial charge on any atom is -0.321 e. The highest BCUT2D eigenvalue weighted by Crippen LogP contribution is 2.20. The second-order valence-electron chi connectivity index (χ2n) is 5.79. The van der Waals surface area contributed by atoms with Gasteiger partial charge in [-0.3, -0.25) is 0 Å². The van der Waals surface area contributed by atoms with Crippen LogP contribution >= 0.6 is 0 Å². The van der Waals surface area contributed by atoms with Crippen molar-refractivity contribution in [3.63, 3.8) is 0 Å². The summed E-state index contributed by atoms with van der Waals surface area (Å²) in [6.07, 6.45) is 2.50. The van der Waals surface area contributed by atoms with E-state index in [0.29, 0.717) is 0 Å². The van der Waals surface area contributed by atoms with Crippen LogP contribution in [-0.2, 0) is 5.54 Å². The summed E-state index contributed by atoms with van der Waals surface area (Å²) in [5.41, 5.74) is 7.48. The molecular formula is C17H30N2. The number of nitrogens with two attached hydrogens (primary N) is 1. The van der Waals surface area contributed by atoms with Crippen molar-refractivity contribution >= 4 is 0 Å². The van der Waals surface area contributed by atoms with Crippen molar-refractivity contribution < 1.29 is 0 Å². The first kappa shape index (κ1) is 16.2. The smallest absolute Gasteiger partial charge is 0.0509 e. The standard InChI is InChI=1S/C17H30N2/c1-5-15(6-2)13-19(7-3)14-17(4,18)16-11-9-8-10-12-16/h8-12,15H,5-7,13-14,18H2,1-4H3. The van der Waals surface area contributed by atoms with Gasteiger partial charge in [0.25, 0.3) is 0 Å². The van der Waals surface area contributed by atoms with Crippen LogP contribution in [0.1, 0.15) is 46.1 Å². The lowest BCUT2D eigenvalue weighted by Gasteiger charge is -2.34. The van der Waals surface area contributed by atoms with E-state index >= 15 is 0 Å². The van der Waals surface area contributed by atoms with Crippen LogP contribution in [0.4, 0.5) is 0 Å². The Hall–Kier alpha value is -0.860. The molecule has 0 bridgehead atoms. The van der Waals surface area contributed by atoms with Gasteiger partial charge >= 0.3 is 0 Å². The summed E-state index contributed by atoms with van der Waals surface area (Å²) < 4.78 is 0. The summed E-state index contributed by atoms with van der Waals surface area (Å²) in [5.74, 6) is 0.784. The molecule has 2 N–H and O–H groups in total. The maximum Gasteiger partial charge on any atom is 0.0509 e. The Kier molecular flexibility index (Phi) is 6.53. The minimum absolute atomic E-state index is 0.275. The molecule has 0 spiro atoms. The van der Waals surface area contributed by atoms with E-state index in [1.807, 2.05) is 6.07 Å². The van der Waals surface area contributed by atoms with Gasteiger partial charge in [0.05, 0.1) is 5.54 Å². The molecular weight excluding hydrogens is 232 g/mol. The van der Waals surface area contributed by atoms with Gasteiger partial charge in [0.2, 0.25) is 0 Å². The van der Waals surface area contributed by atoms with Crippen LogP contribution in [0.3, 0.4) is 0 Å². The van der Waals surface area contributed by atoms with Crippen LogP contribution in [0.15, 0.2) is 30.3 Å². The molecule has 1 unspecified atom stereocenters. The van der Waals surface area contributed by atoms with Gasteiger partial charge in [-0.2, -0.15) is 0 Å². The molecule has 19 heavy (non-hydrogen) atoms.